The van der Waals surface area contributed by atoms with Crippen LogP contribution in [0, 0.1) is 10.8 Å². The minimum absolute atomic E-state index is 0.0730. The van der Waals surface area contributed by atoms with E-state index in [0.717, 1.165) is 37.9 Å². The van der Waals surface area contributed by atoms with E-state index in [0.29, 0.717) is 13.1 Å². The van der Waals surface area contributed by atoms with Crippen molar-refractivity contribution in [3.8, 4) is 0 Å². The van der Waals surface area contributed by atoms with Gasteiger partial charge in [-0.15, -0.1) is 0 Å². The van der Waals surface area contributed by atoms with Crippen molar-refractivity contribution in [2.75, 3.05) is 26.2 Å². The first-order chi connectivity index (χ1) is 10.8. The van der Waals surface area contributed by atoms with Crippen molar-refractivity contribution in [1.29, 1.82) is 0 Å². The molecule has 0 saturated carbocycles. The first-order valence-electron chi connectivity index (χ1n) is 8.42. The summed E-state index contributed by atoms with van der Waals surface area (Å²) in [4.78, 5) is 29.5. The molecule has 5 heteroatoms. The molecule has 1 aromatic heterocycles. The van der Waals surface area contributed by atoms with E-state index < -0.39 is 0 Å². The van der Waals surface area contributed by atoms with Crippen LogP contribution in [0.15, 0.2) is 16.8 Å². The molecule has 3 rings (SSSR count). The average molecular weight is 334 g/mol. The Kier molecular flexibility index (Phi) is 4.25. The van der Waals surface area contributed by atoms with Crippen molar-refractivity contribution in [2.24, 2.45) is 10.8 Å². The second kappa shape index (κ2) is 5.93. The van der Waals surface area contributed by atoms with E-state index in [9.17, 15) is 9.59 Å². The molecule has 0 unspecified atom stereocenters. The third-order valence-electron chi connectivity index (χ3n) is 4.90. The van der Waals surface area contributed by atoms with Crippen LogP contribution in [0.4, 0.5) is 0 Å². The van der Waals surface area contributed by atoms with E-state index in [1.807, 2.05) is 26.6 Å². The Bertz CT molecular complexity index is 591. The van der Waals surface area contributed by atoms with Crippen molar-refractivity contribution < 1.29 is 9.59 Å². The predicted octanol–water partition coefficient (Wildman–Crippen LogP) is 3.25. The lowest BCUT2D eigenvalue weighted by atomic mass is 9.77. The number of thiophene rings is 1. The highest BCUT2D eigenvalue weighted by Crippen LogP contribution is 2.41. The number of carbonyl (C=O) groups is 2. The first kappa shape index (κ1) is 16.5. The summed E-state index contributed by atoms with van der Waals surface area (Å²) < 4.78 is 0. The monoisotopic (exact) mass is 334 g/mol. The van der Waals surface area contributed by atoms with Gasteiger partial charge in [0.1, 0.15) is 0 Å². The number of rotatable bonds is 2. The maximum absolute atomic E-state index is 13.1. The van der Waals surface area contributed by atoms with Gasteiger partial charge in [-0.3, -0.25) is 9.59 Å². The van der Waals surface area contributed by atoms with Gasteiger partial charge in [0.25, 0.3) is 5.91 Å². The minimum Gasteiger partial charge on any atom is -0.342 e. The van der Waals surface area contributed by atoms with Crippen LogP contribution >= 0.6 is 11.3 Å². The zero-order valence-electron chi connectivity index (χ0n) is 14.3. The van der Waals surface area contributed by atoms with Crippen LogP contribution in [0.3, 0.4) is 0 Å². The normalized spacial score (nSPS) is 25.4. The molecule has 2 fully saturated rings. The van der Waals surface area contributed by atoms with Crippen molar-refractivity contribution in [2.45, 2.75) is 40.0 Å². The van der Waals surface area contributed by atoms with E-state index in [1.54, 1.807) is 0 Å². The minimum atomic E-state index is -0.338. The fourth-order valence-corrected chi connectivity index (χ4v) is 4.50. The maximum Gasteiger partial charge on any atom is 0.254 e. The molecule has 4 nitrogen and oxygen atoms in total. The van der Waals surface area contributed by atoms with Crippen molar-refractivity contribution >= 4 is 23.2 Å². The van der Waals surface area contributed by atoms with Crippen LogP contribution in [0.25, 0.3) is 0 Å². The lowest BCUT2D eigenvalue weighted by molar-refractivity contribution is -0.146. The van der Waals surface area contributed by atoms with E-state index >= 15 is 0 Å². The van der Waals surface area contributed by atoms with Gasteiger partial charge in [0.15, 0.2) is 0 Å². The van der Waals surface area contributed by atoms with Crippen LogP contribution in [0.5, 0.6) is 0 Å². The topological polar surface area (TPSA) is 40.6 Å². The smallest absolute Gasteiger partial charge is 0.254 e. The van der Waals surface area contributed by atoms with Crippen molar-refractivity contribution in [3.63, 3.8) is 0 Å². The van der Waals surface area contributed by atoms with Gasteiger partial charge in [0.2, 0.25) is 5.91 Å². The molecule has 126 valence electrons. The third kappa shape index (κ3) is 3.30. The molecule has 0 aliphatic carbocycles. The molecule has 1 spiro atoms. The fourth-order valence-electron chi connectivity index (χ4n) is 3.87. The van der Waals surface area contributed by atoms with Gasteiger partial charge in [0, 0.05) is 31.6 Å². The summed E-state index contributed by atoms with van der Waals surface area (Å²) in [5.74, 6) is 0.336. The Balaban J connectivity index is 1.72. The zero-order valence-corrected chi connectivity index (χ0v) is 15.1. The number of piperidine rings is 1. The molecule has 2 aliphatic heterocycles. The van der Waals surface area contributed by atoms with Gasteiger partial charge >= 0.3 is 0 Å². The molecule has 2 aliphatic rings. The van der Waals surface area contributed by atoms with E-state index in [1.165, 1.54) is 11.3 Å². The Morgan fingerprint density at radius 2 is 2.09 bits per heavy atom. The summed E-state index contributed by atoms with van der Waals surface area (Å²) in [6.45, 7) is 9.45. The molecule has 2 saturated heterocycles. The molecule has 1 aromatic rings. The van der Waals surface area contributed by atoms with Crippen LogP contribution in [-0.2, 0) is 4.79 Å². The molecule has 0 bridgehead atoms. The number of carbonyl (C=O) groups excluding carboxylic acids is 2. The predicted molar refractivity (Wildman–Crippen MR) is 92.5 cm³/mol. The van der Waals surface area contributed by atoms with Crippen molar-refractivity contribution in [3.05, 3.63) is 22.4 Å². The lowest BCUT2D eigenvalue weighted by Crippen LogP contribution is -2.52. The average Bonchev–Trinajstić information content (AvgIpc) is 3.13. The molecule has 0 radical (unpaired) electrons. The van der Waals surface area contributed by atoms with Gasteiger partial charge < -0.3 is 9.80 Å². The van der Waals surface area contributed by atoms with Gasteiger partial charge in [-0.2, -0.15) is 11.3 Å². The second-order valence-corrected chi connectivity index (χ2v) is 8.94. The molecule has 0 N–H and O–H groups in total. The van der Waals surface area contributed by atoms with Crippen LogP contribution in [-0.4, -0.2) is 47.8 Å². The summed E-state index contributed by atoms with van der Waals surface area (Å²) in [6.07, 6.45) is 2.77. The molecular weight excluding hydrogens is 308 g/mol. The zero-order chi connectivity index (χ0) is 16.7. The number of nitrogens with zero attached hydrogens (tertiary/aromatic N) is 2. The molecule has 23 heavy (non-hydrogen) atoms. The standard InChI is InChI=1S/C18H26N2O2S/c1-17(2,3)12-20-8-4-6-18(16(20)22)7-9-19(13-18)15(21)14-5-10-23-11-14/h5,10-11H,4,6-9,12-13H2,1-3H3/t18-/m0/s1. The van der Waals surface area contributed by atoms with E-state index in [-0.39, 0.29) is 22.6 Å². The molecule has 0 aromatic carbocycles. The van der Waals surface area contributed by atoms with Gasteiger partial charge in [-0.1, -0.05) is 20.8 Å². The van der Waals surface area contributed by atoms with Gasteiger partial charge in [0.05, 0.1) is 11.0 Å². The maximum atomic E-state index is 13.1. The summed E-state index contributed by atoms with van der Waals surface area (Å²) in [6, 6.07) is 1.87. The van der Waals surface area contributed by atoms with E-state index in [4.69, 9.17) is 0 Å². The van der Waals surface area contributed by atoms with Crippen LogP contribution in [0.1, 0.15) is 50.4 Å². The number of hydrogen-bond acceptors (Lipinski definition) is 3. The highest BCUT2D eigenvalue weighted by Gasteiger charge is 2.49. The summed E-state index contributed by atoms with van der Waals surface area (Å²) >= 11 is 1.54. The highest BCUT2D eigenvalue weighted by atomic mass is 32.1. The molecule has 2 amide bonds. The molecule has 3 heterocycles. The Morgan fingerprint density at radius 3 is 2.74 bits per heavy atom. The third-order valence-corrected chi connectivity index (χ3v) is 5.58. The fraction of sp³-hybridized carbons (Fsp3) is 0.667. The van der Waals surface area contributed by atoms with E-state index in [2.05, 4.69) is 20.8 Å². The van der Waals surface area contributed by atoms with Crippen LogP contribution in [0.2, 0.25) is 0 Å². The number of hydrogen-bond donors (Lipinski definition) is 0. The summed E-state index contributed by atoms with van der Waals surface area (Å²) in [7, 11) is 0. The largest absolute Gasteiger partial charge is 0.342 e. The lowest BCUT2D eigenvalue weighted by Gasteiger charge is -2.41. The van der Waals surface area contributed by atoms with Gasteiger partial charge in [-0.25, -0.2) is 0 Å². The highest BCUT2D eigenvalue weighted by molar-refractivity contribution is 7.08. The van der Waals surface area contributed by atoms with Gasteiger partial charge in [-0.05, 0) is 36.1 Å². The Labute approximate surface area is 142 Å². The van der Waals surface area contributed by atoms with Crippen molar-refractivity contribution in [1.82, 2.24) is 9.80 Å². The number of amides is 2. The first-order valence-corrected chi connectivity index (χ1v) is 9.36. The molecular formula is C18H26N2O2S. The Hall–Kier alpha value is -1.36. The molecule has 1 atom stereocenters. The summed E-state index contributed by atoms with van der Waals surface area (Å²) in [5.41, 5.74) is 0.524. The second-order valence-electron chi connectivity index (χ2n) is 8.16. The Morgan fingerprint density at radius 1 is 1.30 bits per heavy atom. The number of likely N-dealkylation sites (tertiary alicyclic amines) is 2. The summed E-state index contributed by atoms with van der Waals surface area (Å²) in [5, 5.41) is 3.82. The van der Waals surface area contributed by atoms with Crippen LogP contribution < -0.4 is 0 Å². The SMILES string of the molecule is CC(C)(C)CN1CCC[C@@]2(CCN(C(=O)c3ccsc3)C2)C1=O. The quantitative estimate of drug-likeness (QED) is 0.833.